The van der Waals surface area contributed by atoms with Crippen LogP contribution in [0.5, 0.6) is 0 Å². The molecule has 0 aromatic carbocycles. The lowest BCUT2D eigenvalue weighted by atomic mass is 9.81. The summed E-state index contributed by atoms with van der Waals surface area (Å²) < 4.78 is 0. The van der Waals surface area contributed by atoms with E-state index in [-0.39, 0.29) is 12.8 Å². The molecule has 0 spiro atoms. The third-order valence-electron chi connectivity index (χ3n) is 4.96. The van der Waals surface area contributed by atoms with Crippen molar-refractivity contribution in [2.45, 2.75) is 72.8 Å². The van der Waals surface area contributed by atoms with Gasteiger partial charge >= 0.3 is 0 Å². The number of hydrogen-bond donors (Lipinski definition) is 2. The summed E-state index contributed by atoms with van der Waals surface area (Å²) >= 11 is 0. The third-order valence-corrected chi connectivity index (χ3v) is 4.96. The van der Waals surface area contributed by atoms with Crippen molar-refractivity contribution >= 4 is 17.3 Å². The van der Waals surface area contributed by atoms with Crippen LogP contribution in [-0.2, 0) is 14.4 Å². The van der Waals surface area contributed by atoms with E-state index in [1.807, 2.05) is 34.6 Å². The Morgan fingerprint density at radius 2 is 1.70 bits per heavy atom. The van der Waals surface area contributed by atoms with E-state index in [1.165, 1.54) is 0 Å². The maximum Gasteiger partial charge on any atom is 0.191 e. The minimum absolute atomic E-state index is 0.0846. The molecule has 3 atom stereocenters. The van der Waals surface area contributed by atoms with Gasteiger partial charge in [0.1, 0.15) is 11.3 Å². The van der Waals surface area contributed by atoms with E-state index in [9.17, 15) is 24.6 Å². The summed E-state index contributed by atoms with van der Waals surface area (Å²) in [6.07, 6.45) is 4.65. The highest BCUT2D eigenvalue weighted by atomic mass is 16.3. The SMILES string of the molecule is CCCC(C)C(=O)C1=C(O)[C@@](O)(C(=O)CC=C(C)C)[C@H](CC=C(C)C)C1=O. The molecular weight excluding hydrogens is 344 g/mol. The number of carbonyl (C=O) groups excluding carboxylic acids is 3. The molecule has 1 rings (SSSR count). The lowest BCUT2D eigenvalue weighted by Gasteiger charge is -2.27. The molecule has 1 unspecified atom stereocenters. The highest BCUT2D eigenvalue weighted by Crippen LogP contribution is 2.42. The normalized spacial score (nSPS) is 23.2. The molecule has 2 N–H and O–H groups in total. The first-order valence-electron chi connectivity index (χ1n) is 9.52. The Kier molecular flexibility index (Phi) is 7.90. The van der Waals surface area contributed by atoms with E-state index in [0.29, 0.717) is 6.42 Å². The maximum atomic E-state index is 12.9. The average Bonchev–Trinajstić information content (AvgIpc) is 2.77. The van der Waals surface area contributed by atoms with Crippen molar-refractivity contribution in [2.24, 2.45) is 11.8 Å². The number of allylic oxidation sites excluding steroid dienone is 5. The minimum atomic E-state index is -2.36. The summed E-state index contributed by atoms with van der Waals surface area (Å²) in [5.74, 6) is -4.25. The number of rotatable bonds is 9. The summed E-state index contributed by atoms with van der Waals surface area (Å²) in [5.41, 5.74) is -0.962. The van der Waals surface area contributed by atoms with Crippen LogP contribution >= 0.6 is 0 Å². The Labute approximate surface area is 161 Å². The van der Waals surface area contributed by atoms with Crippen molar-refractivity contribution in [3.63, 3.8) is 0 Å². The van der Waals surface area contributed by atoms with Gasteiger partial charge in [-0.2, -0.15) is 0 Å². The average molecular weight is 376 g/mol. The van der Waals surface area contributed by atoms with Crippen LogP contribution in [0.15, 0.2) is 34.6 Å². The topological polar surface area (TPSA) is 91.7 Å². The fourth-order valence-corrected chi connectivity index (χ4v) is 3.29. The molecule has 0 saturated carbocycles. The van der Waals surface area contributed by atoms with Crippen LogP contribution in [-0.4, -0.2) is 33.2 Å². The Morgan fingerprint density at radius 3 is 2.19 bits per heavy atom. The highest BCUT2D eigenvalue weighted by molar-refractivity contribution is 6.26. The van der Waals surface area contributed by atoms with Crippen molar-refractivity contribution in [1.82, 2.24) is 0 Å². The van der Waals surface area contributed by atoms with Gasteiger partial charge < -0.3 is 10.2 Å². The molecule has 27 heavy (non-hydrogen) atoms. The second-order valence-corrected chi connectivity index (χ2v) is 7.89. The van der Waals surface area contributed by atoms with Gasteiger partial charge in [-0.15, -0.1) is 0 Å². The first kappa shape index (κ1) is 23.0. The fourth-order valence-electron chi connectivity index (χ4n) is 3.29. The van der Waals surface area contributed by atoms with Crippen LogP contribution in [0.1, 0.15) is 67.2 Å². The Morgan fingerprint density at radius 1 is 1.15 bits per heavy atom. The van der Waals surface area contributed by atoms with E-state index in [0.717, 1.165) is 17.6 Å². The molecule has 5 heteroatoms. The van der Waals surface area contributed by atoms with Crippen LogP contribution < -0.4 is 0 Å². The molecule has 0 radical (unpaired) electrons. The van der Waals surface area contributed by atoms with Gasteiger partial charge in [-0.1, -0.05) is 43.6 Å². The van der Waals surface area contributed by atoms with Gasteiger partial charge in [-0.3, -0.25) is 14.4 Å². The number of ketones is 3. The molecule has 1 aliphatic carbocycles. The number of Topliss-reactive ketones (excluding diaryl/α,β-unsaturated/α-hetero) is 3. The summed E-state index contributed by atoms with van der Waals surface area (Å²) in [6, 6.07) is 0. The van der Waals surface area contributed by atoms with E-state index >= 15 is 0 Å². The largest absolute Gasteiger partial charge is 0.508 e. The van der Waals surface area contributed by atoms with Gasteiger partial charge in [0.15, 0.2) is 23.0 Å². The van der Waals surface area contributed by atoms with Crippen LogP contribution in [0.3, 0.4) is 0 Å². The molecule has 0 aliphatic heterocycles. The standard InChI is InChI=1S/C22H32O5/c1-7-8-15(6)19(24)18-20(25)16(11-9-13(2)3)22(27,21(18)26)17(23)12-10-14(4)5/h9-10,15-16,26-27H,7-8,11-12H2,1-6H3/t15?,16-,22+/m1/s1. The molecule has 0 amide bonds. The Balaban J connectivity index is 3.43. The number of hydrogen-bond acceptors (Lipinski definition) is 5. The molecule has 0 bridgehead atoms. The predicted octanol–water partition coefficient (Wildman–Crippen LogP) is 4.02. The van der Waals surface area contributed by atoms with E-state index in [2.05, 4.69) is 0 Å². The van der Waals surface area contributed by atoms with Crippen molar-refractivity contribution in [2.75, 3.05) is 0 Å². The van der Waals surface area contributed by atoms with Gasteiger partial charge in [0.05, 0.1) is 5.92 Å². The fraction of sp³-hybridized carbons (Fsp3) is 0.591. The van der Waals surface area contributed by atoms with Crippen molar-refractivity contribution in [1.29, 1.82) is 0 Å². The molecule has 0 saturated heterocycles. The van der Waals surface area contributed by atoms with Gasteiger partial charge in [0, 0.05) is 12.3 Å². The smallest absolute Gasteiger partial charge is 0.191 e. The molecule has 0 aromatic rings. The number of aliphatic hydroxyl groups is 2. The number of carbonyl (C=O) groups is 3. The Hall–Kier alpha value is -2.01. The van der Waals surface area contributed by atoms with Gasteiger partial charge in [-0.25, -0.2) is 0 Å². The van der Waals surface area contributed by atoms with Gasteiger partial charge in [-0.05, 0) is 40.5 Å². The van der Waals surface area contributed by atoms with Crippen LogP contribution in [0.25, 0.3) is 0 Å². The zero-order chi connectivity index (χ0) is 20.9. The second-order valence-electron chi connectivity index (χ2n) is 7.89. The van der Waals surface area contributed by atoms with Crippen LogP contribution in [0.4, 0.5) is 0 Å². The zero-order valence-electron chi connectivity index (χ0n) is 17.3. The molecule has 5 nitrogen and oxygen atoms in total. The molecular formula is C22H32O5. The molecule has 0 fully saturated rings. The lowest BCUT2D eigenvalue weighted by molar-refractivity contribution is -0.144. The second kappa shape index (κ2) is 9.27. The molecule has 0 aromatic heterocycles. The zero-order valence-corrected chi connectivity index (χ0v) is 17.3. The van der Waals surface area contributed by atoms with Crippen molar-refractivity contribution < 1.29 is 24.6 Å². The van der Waals surface area contributed by atoms with Crippen LogP contribution in [0, 0.1) is 11.8 Å². The highest BCUT2D eigenvalue weighted by Gasteiger charge is 2.58. The molecule has 0 heterocycles. The summed E-state index contributed by atoms with van der Waals surface area (Å²) in [6.45, 7) is 10.9. The molecule has 1 aliphatic rings. The van der Waals surface area contributed by atoms with Crippen molar-refractivity contribution in [3.05, 3.63) is 34.6 Å². The third kappa shape index (κ3) is 4.83. The van der Waals surface area contributed by atoms with E-state index in [4.69, 9.17) is 0 Å². The van der Waals surface area contributed by atoms with Gasteiger partial charge in [0.2, 0.25) is 0 Å². The number of aliphatic hydroxyl groups excluding tert-OH is 1. The predicted molar refractivity (Wildman–Crippen MR) is 105 cm³/mol. The summed E-state index contributed by atoms with van der Waals surface area (Å²) in [7, 11) is 0. The summed E-state index contributed by atoms with van der Waals surface area (Å²) in [4.78, 5) is 38.4. The van der Waals surface area contributed by atoms with Crippen LogP contribution in [0.2, 0.25) is 0 Å². The van der Waals surface area contributed by atoms with E-state index < -0.39 is 46.1 Å². The monoisotopic (exact) mass is 376 g/mol. The van der Waals surface area contributed by atoms with Crippen molar-refractivity contribution in [3.8, 4) is 0 Å². The first-order chi connectivity index (χ1) is 12.5. The van der Waals surface area contributed by atoms with Gasteiger partial charge in [0.25, 0.3) is 0 Å². The molecule has 150 valence electrons. The van der Waals surface area contributed by atoms with E-state index in [1.54, 1.807) is 19.1 Å². The summed E-state index contributed by atoms with van der Waals surface area (Å²) in [5, 5.41) is 21.8. The maximum absolute atomic E-state index is 12.9. The lowest BCUT2D eigenvalue weighted by Crippen LogP contribution is -2.46. The first-order valence-corrected chi connectivity index (χ1v) is 9.52. The Bertz CT molecular complexity index is 702. The minimum Gasteiger partial charge on any atom is -0.508 e. The quantitative estimate of drug-likeness (QED) is 0.468.